The van der Waals surface area contributed by atoms with Gasteiger partial charge in [-0.15, -0.1) is 0 Å². The van der Waals surface area contributed by atoms with Crippen LogP contribution in [0.5, 0.6) is 0 Å². The second-order valence-electron chi connectivity index (χ2n) is 6.07. The van der Waals surface area contributed by atoms with Crippen molar-refractivity contribution in [2.75, 3.05) is 6.61 Å². The molecule has 0 bridgehead atoms. The zero-order chi connectivity index (χ0) is 19.6. The van der Waals surface area contributed by atoms with Gasteiger partial charge in [0.1, 0.15) is 5.92 Å². The number of rotatable bonds is 8. The van der Waals surface area contributed by atoms with E-state index in [1.54, 1.807) is 6.92 Å². The predicted molar refractivity (Wildman–Crippen MR) is 101 cm³/mol. The Morgan fingerprint density at radius 3 is 1.93 bits per heavy atom. The van der Waals surface area contributed by atoms with Crippen LogP contribution in [0.4, 0.5) is 0 Å². The Kier molecular flexibility index (Phi) is 7.49. The molecule has 0 aliphatic rings. The highest BCUT2D eigenvalue weighted by molar-refractivity contribution is 5.91. The monoisotopic (exact) mass is 366 g/mol. The molecule has 0 fully saturated rings. The summed E-state index contributed by atoms with van der Waals surface area (Å²) >= 11 is 0. The Hall–Kier alpha value is -3.21. The van der Waals surface area contributed by atoms with Crippen molar-refractivity contribution in [2.24, 2.45) is 0 Å². The summed E-state index contributed by atoms with van der Waals surface area (Å²) < 4.78 is 9.95. The smallest absolute Gasteiger partial charge is 0.333 e. The van der Waals surface area contributed by atoms with Crippen LogP contribution in [0.25, 0.3) is 0 Å². The van der Waals surface area contributed by atoms with E-state index >= 15 is 0 Å². The molecule has 2 rings (SSSR count). The summed E-state index contributed by atoms with van der Waals surface area (Å²) in [6, 6.07) is 18.3. The van der Waals surface area contributed by atoms with E-state index < -0.39 is 23.8 Å². The van der Waals surface area contributed by atoms with Gasteiger partial charge < -0.3 is 9.47 Å². The molecule has 0 spiro atoms. The van der Waals surface area contributed by atoms with E-state index in [0.29, 0.717) is 5.57 Å². The van der Waals surface area contributed by atoms with Crippen molar-refractivity contribution in [2.45, 2.75) is 25.7 Å². The molecule has 0 saturated heterocycles. The van der Waals surface area contributed by atoms with Gasteiger partial charge in [0.05, 0.1) is 6.61 Å². The zero-order valence-corrected chi connectivity index (χ0v) is 15.2. The van der Waals surface area contributed by atoms with Gasteiger partial charge >= 0.3 is 17.9 Å². The number of hydrogen-bond donors (Lipinski definition) is 0. The minimum atomic E-state index is -0.683. The van der Waals surface area contributed by atoms with Crippen LogP contribution < -0.4 is 0 Å². The van der Waals surface area contributed by atoms with Gasteiger partial charge in [-0.3, -0.25) is 9.59 Å². The van der Waals surface area contributed by atoms with Crippen molar-refractivity contribution in [1.29, 1.82) is 0 Å². The van der Waals surface area contributed by atoms with Crippen LogP contribution >= 0.6 is 0 Å². The molecular formula is C22H22O5. The van der Waals surface area contributed by atoms with Crippen molar-refractivity contribution >= 4 is 17.9 Å². The van der Waals surface area contributed by atoms with Crippen molar-refractivity contribution in [3.63, 3.8) is 0 Å². The highest BCUT2D eigenvalue weighted by Crippen LogP contribution is 2.26. The molecule has 0 heterocycles. The van der Waals surface area contributed by atoms with Crippen LogP contribution in [0.15, 0.2) is 72.8 Å². The molecule has 0 N–H and O–H groups in total. The highest BCUT2D eigenvalue weighted by Gasteiger charge is 2.26. The Morgan fingerprint density at radius 2 is 1.44 bits per heavy atom. The van der Waals surface area contributed by atoms with Crippen LogP contribution in [0, 0.1) is 0 Å². The number of hydrogen-bond acceptors (Lipinski definition) is 5. The van der Waals surface area contributed by atoms with Gasteiger partial charge in [0.2, 0.25) is 0 Å². The van der Waals surface area contributed by atoms with Gasteiger partial charge in [0.25, 0.3) is 0 Å². The van der Waals surface area contributed by atoms with E-state index in [-0.39, 0.29) is 19.4 Å². The predicted octanol–water partition coefficient (Wildman–Crippen LogP) is 3.79. The van der Waals surface area contributed by atoms with Crippen molar-refractivity contribution in [3.05, 3.63) is 83.9 Å². The molecule has 0 radical (unpaired) electrons. The van der Waals surface area contributed by atoms with Gasteiger partial charge in [0, 0.05) is 12.0 Å². The zero-order valence-electron chi connectivity index (χ0n) is 15.2. The molecule has 0 aliphatic heterocycles. The Morgan fingerprint density at radius 1 is 0.926 bits per heavy atom. The summed E-state index contributed by atoms with van der Waals surface area (Å²) in [6.45, 7) is 5.08. The van der Waals surface area contributed by atoms with Crippen LogP contribution in [-0.2, 0) is 23.9 Å². The summed E-state index contributed by atoms with van der Waals surface area (Å²) in [5.74, 6) is -2.47. The number of carbonyl (C=O) groups excluding carboxylic acids is 3. The lowest BCUT2D eigenvalue weighted by atomic mass is 9.91. The molecule has 2 aromatic carbocycles. The summed E-state index contributed by atoms with van der Waals surface area (Å²) in [4.78, 5) is 35.9. The summed E-state index contributed by atoms with van der Waals surface area (Å²) in [5, 5.41) is 0. The molecule has 2 aromatic rings. The third-order valence-corrected chi connectivity index (χ3v) is 3.82. The Balaban J connectivity index is 1.97. The maximum absolute atomic E-state index is 12.6. The number of carbonyl (C=O) groups is 3. The fraction of sp³-hybridized carbons (Fsp3) is 0.227. The quantitative estimate of drug-likeness (QED) is 0.308. The topological polar surface area (TPSA) is 69.7 Å². The molecule has 5 nitrogen and oxygen atoms in total. The molecular weight excluding hydrogens is 344 g/mol. The normalized spacial score (nSPS) is 10.3. The van der Waals surface area contributed by atoms with E-state index in [1.807, 2.05) is 60.7 Å². The molecule has 0 saturated carbocycles. The van der Waals surface area contributed by atoms with Crippen molar-refractivity contribution in [1.82, 2.24) is 0 Å². The van der Waals surface area contributed by atoms with Crippen LogP contribution in [0.3, 0.4) is 0 Å². The van der Waals surface area contributed by atoms with Crippen molar-refractivity contribution < 1.29 is 23.9 Å². The standard InChI is InChI=1S/C22H22O5/c1-16(2)21(24)26-15-9-14-19(23)27-22(25)20(17-10-5-3-6-11-17)18-12-7-4-8-13-18/h3-8,10-13,20H,1,9,14-15H2,2H3. The number of benzene rings is 2. The second-order valence-corrected chi connectivity index (χ2v) is 6.07. The van der Waals surface area contributed by atoms with E-state index in [0.717, 1.165) is 11.1 Å². The average molecular weight is 366 g/mol. The largest absolute Gasteiger partial charge is 0.462 e. The third-order valence-electron chi connectivity index (χ3n) is 3.82. The molecule has 140 valence electrons. The molecule has 0 aromatic heterocycles. The van der Waals surface area contributed by atoms with Gasteiger partial charge in [-0.25, -0.2) is 4.79 Å². The molecule has 0 aliphatic carbocycles. The first-order chi connectivity index (χ1) is 13.0. The lowest BCUT2D eigenvalue weighted by molar-refractivity contribution is -0.160. The van der Waals surface area contributed by atoms with Gasteiger partial charge in [-0.2, -0.15) is 0 Å². The van der Waals surface area contributed by atoms with E-state index in [1.165, 1.54) is 0 Å². The first-order valence-electron chi connectivity index (χ1n) is 8.66. The molecule has 0 amide bonds. The lowest BCUT2D eigenvalue weighted by Crippen LogP contribution is -2.21. The highest BCUT2D eigenvalue weighted by atomic mass is 16.6. The third kappa shape index (κ3) is 6.22. The Bertz CT molecular complexity index is 756. The maximum Gasteiger partial charge on any atom is 0.333 e. The van der Waals surface area contributed by atoms with E-state index in [4.69, 9.17) is 9.47 Å². The first kappa shape index (κ1) is 20.1. The second kappa shape index (κ2) is 10.1. The van der Waals surface area contributed by atoms with Crippen molar-refractivity contribution in [3.8, 4) is 0 Å². The van der Waals surface area contributed by atoms with Crippen LogP contribution in [-0.4, -0.2) is 24.5 Å². The van der Waals surface area contributed by atoms with E-state index in [9.17, 15) is 14.4 Å². The average Bonchev–Trinajstić information content (AvgIpc) is 2.67. The molecule has 27 heavy (non-hydrogen) atoms. The molecule has 0 atom stereocenters. The van der Waals surface area contributed by atoms with Crippen LogP contribution in [0.2, 0.25) is 0 Å². The summed E-state index contributed by atoms with van der Waals surface area (Å²) in [6.07, 6.45) is 0.248. The fourth-order valence-corrected chi connectivity index (χ4v) is 2.48. The molecule has 5 heteroatoms. The fourth-order valence-electron chi connectivity index (χ4n) is 2.48. The number of ether oxygens (including phenoxy) is 2. The van der Waals surface area contributed by atoms with Gasteiger partial charge in [-0.1, -0.05) is 67.2 Å². The SMILES string of the molecule is C=C(C)C(=O)OCCCC(=O)OC(=O)C(c1ccccc1)c1ccccc1. The van der Waals surface area contributed by atoms with Gasteiger partial charge in [0.15, 0.2) is 0 Å². The Labute approximate surface area is 158 Å². The number of esters is 3. The summed E-state index contributed by atoms with van der Waals surface area (Å²) in [5.41, 5.74) is 1.79. The van der Waals surface area contributed by atoms with E-state index in [2.05, 4.69) is 6.58 Å². The lowest BCUT2D eigenvalue weighted by Gasteiger charge is -2.16. The summed E-state index contributed by atoms with van der Waals surface area (Å²) in [7, 11) is 0. The minimum Gasteiger partial charge on any atom is -0.462 e. The molecule has 0 unspecified atom stereocenters. The minimum absolute atomic E-state index is 0.0223. The van der Waals surface area contributed by atoms with Gasteiger partial charge in [-0.05, 0) is 24.5 Å². The van der Waals surface area contributed by atoms with Crippen LogP contribution in [0.1, 0.15) is 36.8 Å². The maximum atomic E-state index is 12.6. The first-order valence-corrected chi connectivity index (χ1v) is 8.66.